The third-order valence-corrected chi connectivity index (χ3v) is 4.81. The monoisotopic (exact) mass is 313 g/mol. The van der Waals surface area contributed by atoms with Crippen molar-refractivity contribution in [3.63, 3.8) is 0 Å². The number of nitrogens with one attached hydrogen (secondary N) is 1. The van der Waals surface area contributed by atoms with E-state index >= 15 is 0 Å². The van der Waals surface area contributed by atoms with Crippen molar-refractivity contribution in [3.8, 4) is 0 Å². The van der Waals surface area contributed by atoms with E-state index in [1.54, 1.807) is 0 Å². The van der Waals surface area contributed by atoms with Crippen molar-refractivity contribution in [2.24, 2.45) is 0 Å². The van der Waals surface area contributed by atoms with E-state index in [-0.39, 0.29) is 10.8 Å². The highest BCUT2D eigenvalue weighted by molar-refractivity contribution is 7.84. The Balaban J connectivity index is 2.23. The molecule has 0 fully saturated rings. The molecule has 116 valence electrons. The number of benzene rings is 2. The van der Waals surface area contributed by atoms with E-state index in [0.717, 1.165) is 11.1 Å². The van der Waals surface area contributed by atoms with E-state index < -0.39 is 11.0 Å². The highest BCUT2D eigenvalue weighted by Crippen LogP contribution is 2.19. The molecule has 2 atom stereocenters. The molecule has 0 aliphatic carbocycles. The second-order valence-electron chi connectivity index (χ2n) is 6.16. The second-order valence-corrected chi connectivity index (χ2v) is 8.16. The smallest absolute Gasteiger partial charge is 0.0978 e. The molecule has 0 saturated heterocycles. The van der Waals surface area contributed by atoms with Crippen molar-refractivity contribution in [1.82, 2.24) is 4.72 Å². The van der Waals surface area contributed by atoms with Gasteiger partial charge >= 0.3 is 0 Å². The average molecular weight is 313 g/mol. The summed E-state index contributed by atoms with van der Waals surface area (Å²) in [7, 11) is -1.13. The van der Waals surface area contributed by atoms with Gasteiger partial charge in [0.1, 0.15) is 0 Å². The average Bonchev–Trinajstić information content (AvgIpc) is 2.52. The predicted molar refractivity (Wildman–Crippen MR) is 95.7 cm³/mol. The fourth-order valence-corrected chi connectivity index (χ4v) is 2.74. The Hall–Kier alpha value is -1.71. The molecule has 0 heterocycles. The van der Waals surface area contributed by atoms with Gasteiger partial charge in [-0.1, -0.05) is 72.8 Å². The molecule has 2 nitrogen and oxygen atoms in total. The molecule has 1 unspecified atom stereocenters. The summed E-state index contributed by atoms with van der Waals surface area (Å²) in [5, 5.41) is 0. The Morgan fingerprint density at radius 1 is 0.955 bits per heavy atom. The zero-order chi connectivity index (χ0) is 16.0. The summed E-state index contributed by atoms with van der Waals surface area (Å²) in [6, 6.07) is 20.1. The zero-order valence-electron chi connectivity index (χ0n) is 13.3. The van der Waals surface area contributed by atoms with Crippen LogP contribution in [0, 0.1) is 0 Å². The lowest BCUT2D eigenvalue weighted by Gasteiger charge is -2.22. The van der Waals surface area contributed by atoms with Gasteiger partial charge in [0, 0.05) is 0 Å². The van der Waals surface area contributed by atoms with Crippen molar-refractivity contribution in [3.05, 3.63) is 77.9 Å². The highest BCUT2D eigenvalue weighted by Gasteiger charge is 2.22. The Kier molecular flexibility index (Phi) is 5.69. The first-order valence-electron chi connectivity index (χ1n) is 7.43. The molecule has 22 heavy (non-hydrogen) atoms. The van der Waals surface area contributed by atoms with Gasteiger partial charge in [-0.25, -0.2) is 8.93 Å². The summed E-state index contributed by atoms with van der Waals surface area (Å²) in [5.74, 6) is 0. The van der Waals surface area contributed by atoms with Gasteiger partial charge in [-0.15, -0.1) is 0 Å². The van der Waals surface area contributed by atoms with Crippen LogP contribution in [-0.2, 0) is 11.0 Å². The zero-order valence-corrected chi connectivity index (χ0v) is 14.1. The summed E-state index contributed by atoms with van der Waals surface area (Å²) in [5.41, 5.74) is 2.24. The SMILES string of the molecule is CC(C)(C)[S@](=O)NC(/C=C/c1ccccc1)c1ccccc1. The summed E-state index contributed by atoms with van der Waals surface area (Å²) in [6.45, 7) is 5.91. The molecule has 0 saturated carbocycles. The van der Waals surface area contributed by atoms with Crippen molar-refractivity contribution < 1.29 is 4.21 Å². The molecule has 2 aromatic rings. The lowest BCUT2D eigenvalue weighted by molar-refractivity contribution is 0.627. The van der Waals surface area contributed by atoms with E-state index in [9.17, 15) is 4.21 Å². The van der Waals surface area contributed by atoms with E-state index in [1.165, 1.54) is 0 Å². The van der Waals surface area contributed by atoms with Gasteiger partial charge in [0.25, 0.3) is 0 Å². The molecule has 0 radical (unpaired) electrons. The van der Waals surface area contributed by atoms with Crippen LogP contribution >= 0.6 is 0 Å². The third kappa shape index (κ3) is 4.93. The maximum absolute atomic E-state index is 12.4. The molecule has 1 N–H and O–H groups in total. The van der Waals surface area contributed by atoms with Crippen molar-refractivity contribution >= 4 is 17.1 Å². The number of rotatable bonds is 5. The topological polar surface area (TPSA) is 29.1 Å². The molecule has 0 aromatic heterocycles. The molecule has 2 rings (SSSR count). The van der Waals surface area contributed by atoms with Crippen LogP contribution < -0.4 is 4.72 Å². The molecular formula is C19H23NOS. The third-order valence-electron chi connectivity index (χ3n) is 3.23. The van der Waals surface area contributed by atoms with E-state index in [1.807, 2.05) is 69.3 Å². The molecule has 2 aromatic carbocycles. The first kappa shape index (κ1) is 16.7. The van der Waals surface area contributed by atoms with E-state index in [0.29, 0.717) is 0 Å². The normalized spacial score (nSPS) is 14.9. The van der Waals surface area contributed by atoms with Gasteiger partial charge in [-0.05, 0) is 31.9 Å². The molecule has 0 aliphatic heterocycles. The van der Waals surface area contributed by atoms with E-state index in [2.05, 4.69) is 29.0 Å². The Bertz CT molecular complexity index is 629. The highest BCUT2D eigenvalue weighted by atomic mass is 32.2. The van der Waals surface area contributed by atoms with Crippen LogP contribution in [0.3, 0.4) is 0 Å². The standard InChI is InChI=1S/C19H23NOS/c1-19(2,3)22(21)20-18(17-12-8-5-9-13-17)15-14-16-10-6-4-7-11-16/h4-15,18,20H,1-3H3/b15-14+/t18?,22-/m0/s1. The predicted octanol–water partition coefficient (Wildman–Crippen LogP) is 4.49. The van der Waals surface area contributed by atoms with Crippen molar-refractivity contribution in [2.45, 2.75) is 31.6 Å². The summed E-state index contributed by atoms with van der Waals surface area (Å²) >= 11 is 0. The first-order chi connectivity index (χ1) is 10.5. The van der Waals surface area contributed by atoms with Crippen LogP contribution in [0.4, 0.5) is 0 Å². The summed E-state index contributed by atoms with van der Waals surface area (Å²) < 4.78 is 15.4. The maximum atomic E-state index is 12.4. The summed E-state index contributed by atoms with van der Waals surface area (Å²) in [6.07, 6.45) is 4.12. The molecule has 0 spiro atoms. The quantitative estimate of drug-likeness (QED) is 0.865. The lowest BCUT2D eigenvalue weighted by Crippen LogP contribution is -2.35. The van der Waals surface area contributed by atoms with Crippen LogP contribution in [0.2, 0.25) is 0 Å². The molecule has 0 aliphatic rings. The lowest BCUT2D eigenvalue weighted by atomic mass is 10.1. The minimum absolute atomic E-state index is 0.0820. The molecule has 0 bridgehead atoms. The van der Waals surface area contributed by atoms with Gasteiger partial charge in [0.2, 0.25) is 0 Å². The van der Waals surface area contributed by atoms with Crippen molar-refractivity contribution in [1.29, 1.82) is 0 Å². The van der Waals surface area contributed by atoms with Gasteiger partial charge in [-0.3, -0.25) is 0 Å². The van der Waals surface area contributed by atoms with Gasteiger partial charge in [0.05, 0.1) is 21.8 Å². The van der Waals surface area contributed by atoms with E-state index in [4.69, 9.17) is 0 Å². The summed E-state index contributed by atoms with van der Waals surface area (Å²) in [4.78, 5) is 0. The molecule has 3 heteroatoms. The van der Waals surface area contributed by atoms with Gasteiger partial charge in [-0.2, -0.15) is 0 Å². The first-order valence-corrected chi connectivity index (χ1v) is 8.58. The van der Waals surface area contributed by atoms with Crippen molar-refractivity contribution in [2.75, 3.05) is 0 Å². The van der Waals surface area contributed by atoms with Crippen LogP contribution in [0.5, 0.6) is 0 Å². The Morgan fingerprint density at radius 2 is 1.50 bits per heavy atom. The van der Waals surface area contributed by atoms with Crippen LogP contribution in [-0.4, -0.2) is 8.96 Å². The largest absolute Gasteiger partial charge is 0.242 e. The maximum Gasteiger partial charge on any atom is 0.0978 e. The Labute approximate surface area is 135 Å². The minimum Gasteiger partial charge on any atom is -0.242 e. The number of hydrogen-bond acceptors (Lipinski definition) is 1. The van der Waals surface area contributed by atoms with Gasteiger partial charge < -0.3 is 0 Å². The second kappa shape index (κ2) is 7.52. The molecular weight excluding hydrogens is 290 g/mol. The fraction of sp³-hybridized carbons (Fsp3) is 0.263. The molecule has 0 amide bonds. The van der Waals surface area contributed by atoms with Crippen LogP contribution in [0.15, 0.2) is 66.7 Å². The van der Waals surface area contributed by atoms with Crippen LogP contribution in [0.1, 0.15) is 37.9 Å². The Morgan fingerprint density at radius 3 is 2.05 bits per heavy atom. The number of hydrogen-bond donors (Lipinski definition) is 1. The van der Waals surface area contributed by atoms with Crippen LogP contribution in [0.25, 0.3) is 6.08 Å². The van der Waals surface area contributed by atoms with Gasteiger partial charge in [0.15, 0.2) is 0 Å². The fourth-order valence-electron chi connectivity index (χ4n) is 1.94. The minimum atomic E-state index is -1.13.